The molecule has 8 nitrogen and oxygen atoms in total. The molecule has 0 radical (unpaired) electrons. The summed E-state index contributed by atoms with van der Waals surface area (Å²) in [7, 11) is 0. The van der Waals surface area contributed by atoms with E-state index in [2.05, 4.69) is 20.8 Å². The van der Waals surface area contributed by atoms with Crippen LogP contribution in [0.3, 0.4) is 0 Å². The van der Waals surface area contributed by atoms with Crippen LogP contribution < -0.4 is 10.6 Å². The lowest BCUT2D eigenvalue weighted by molar-refractivity contribution is -0.113. The fraction of sp³-hybridized carbons (Fsp3) is 0.474. The second kappa shape index (κ2) is 9.09. The Morgan fingerprint density at radius 2 is 1.96 bits per heavy atom. The molecule has 1 atom stereocenters. The number of nitrogens with one attached hydrogen (secondary N) is 2. The molecule has 1 aromatic heterocycles. The number of hydrogen-bond donors (Lipinski definition) is 2. The maximum Gasteiger partial charge on any atom is 0.408 e. The quantitative estimate of drug-likeness (QED) is 0.698. The van der Waals surface area contributed by atoms with E-state index in [0.29, 0.717) is 0 Å². The fourth-order valence-electron chi connectivity index (χ4n) is 2.20. The largest absolute Gasteiger partial charge is 0.444 e. The van der Waals surface area contributed by atoms with Crippen LogP contribution in [0.2, 0.25) is 0 Å². The number of thioether (sulfide) groups is 1. The second-order valence-corrected chi connectivity index (χ2v) is 8.29. The molecule has 1 aromatic carbocycles. The minimum absolute atomic E-state index is 0.128. The number of aryl methyl sites for hydroxylation is 1. The van der Waals surface area contributed by atoms with Crippen molar-refractivity contribution in [2.75, 3.05) is 11.1 Å². The third kappa shape index (κ3) is 6.56. The second-order valence-electron chi connectivity index (χ2n) is 7.36. The Labute approximate surface area is 168 Å². The molecule has 28 heavy (non-hydrogen) atoms. The monoisotopic (exact) mass is 406 g/mol. The summed E-state index contributed by atoms with van der Waals surface area (Å²) in [5, 5.41) is 13.6. The molecule has 0 spiro atoms. The van der Waals surface area contributed by atoms with Gasteiger partial charge in [0.05, 0.1) is 5.75 Å². The van der Waals surface area contributed by atoms with Crippen LogP contribution in [-0.4, -0.2) is 33.6 Å². The van der Waals surface area contributed by atoms with E-state index in [0.717, 1.165) is 28.6 Å². The van der Waals surface area contributed by atoms with Gasteiger partial charge in [-0.2, -0.15) is 0 Å². The van der Waals surface area contributed by atoms with E-state index >= 15 is 0 Å². The molecule has 0 bridgehead atoms. The minimum atomic E-state index is -0.595. The Bertz CT molecular complexity index is 845. The molecule has 0 saturated heterocycles. The van der Waals surface area contributed by atoms with E-state index in [1.165, 1.54) is 0 Å². The van der Waals surface area contributed by atoms with E-state index in [4.69, 9.17) is 9.15 Å². The zero-order chi connectivity index (χ0) is 20.9. The first-order valence-electron chi connectivity index (χ1n) is 8.87. The number of rotatable bonds is 6. The van der Waals surface area contributed by atoms with Crippen molar-refractivity contribution < 1.29 is 18.7 Å². The molecule has 2 amide bonds. The number of nitrogens with zero attached hydrogens (tertiary/aromatic N) is 2. The minimum Gasteiger partial charge on any atom is -0.444 e. The first-order valence-corrected chi connectivity index (χ1v) is 9.85. The van der Waals surface area contributed by atoms with Gasteiger partial charge in [-0.1, -0.05) is 23.9 Å². The Kier molecular flexibility index (Phi) is 7.06. The number of carbonyl (C=O) groups excluding carboxylic acids is 2. The summed E-state index contributed by atoms with van der Waals surface area (Å²) in [6.07, 6.45) is -0.569. The maximum absolute atomic E-state index is 12.2. The highest BCUT2D eigenvalue weighted by Gasteiger charge is 2.21. The summed E-state index contributed by atoms with van der Waals surface area (Å²) >= 11 is 1.13. The number of ether oxygens (including phenoxy) is 1. The van der Waals surface area contributed by atoms with Crippen LogP contribution in [0, 0.1) is 13.8 Å². The molecule has 0 fully saturated rings. The average Bonchev–Trinajstić information content (AvgIpc) is 3.04. The number of carbonyl (C=O) groups is 2. The standard InChI is InChI=1S/C19H26N4O4S/c1-11-8-7-9-14(12(11)2)21-15(24)10-28-18-23-22-16(26-18)13(3)20-17(25)27-19(4,5)6/h7-9,13H,10H2,1-6H3,(H,20,25)(H,21,24)/t13-/m0/s1. The summed E-state index contributed by atoms with van der Waals surface area (Å²) < 4.78 is 10.7. The summed E-state index contributed by atoms with van der Waals surface area (Å²) in [6, 6.07) is 5.24. The van der Waals surface area contributed by atoms with Gasteiger partial charge in [-0.3, -0.25) is 4.79 Å². The van der Waals surface area contributed by atoms with E-state index in [1.54, 1.807) is 27.7 Å². The molecule has 0 aliphatic carbocycles. The van der Waals surface area contributed by atoms with Crippen molar-refractivity contribution >= 4 is 29.4 Å². The molecule has 0 aliphatic heterocycles. The van der Waals surface area contributed by atoms with Crippen molar-refractivity contribution in [3.63, 3.8) is 0 Å². The Hall–Kier alpha value is -2.55. The van der Waals surface area contributed by atoms with Gasteiger partial charge in [0.2, 0.25) is 11.8 Å². The lowest BCUT2D eigenvalue weighted by atomic mass is 10.1. The Balaban J connectivity index is 1.86. The van der Waals surface area contributed by atoms with Gasteiger partial charge in [0, 0.05) is 5.69 Å². The summed E-state index contributed by atoms with van der Waals surface area (Å²) in [5.74, 6) is 0.199. The highest BCUT2D eigenvalue weighted by Crippen LogP contribution is 2.22. The molecule has 9 heteroatoms. The predicted molar refractivity (Wildman–Crippen MR) is 107 cm³/mol. The number of alkyl carbamates (subject to hydrolysis) is 1. The summed E-state index contributed by atoms with van der Waals surface area (Å²) in [6.45, 7) is 11.0. The van der Waals surface area contributed by atoms with Crippen LogP contribution in [0.1, 0.15) is 50.8 Å². The van der Waals surface area contributed by atoms with Gasteiger partial charge in [-0.05, 0) is 58.7 Å². The first-order chi connectivity index (χ1) is 13.0. The zero-order valence-electron chi connectivity index (χ0n) is 17.0. The summed E-state index contributed by atoms with van der Waals surface area (Å²) in [4.78, 5) is 24.0. The average molecular weight is 407 g/mol. The SMILES string of the molecule is Cc1cccc(NC(=O)CSc2nnc([C@H](C)NC(=O)OC(C)(C)C)o2)c1C. The lowest BCUT2D eigenvalue weighted by Crippen LogP contribution is -2.34. The lowest BCUT2D eigenvalue weighted by Gasteiger charge is -2.20. The number of aromatic nitrogens is 2. The molecule has 0 aliphatic rings. The number of anilines is 1. The molecule has 2 N–H and O–H groups in total. The molecule has 1 heterocycles. The van der Waals surface area contributed by atoms with Gasteiger partial charge in [0.1, 0.15) is 11.6 Å². The van der Waals surface area contributed by atoms with Crippen LogP contribution in [0.5, 0.6) is 0 Å². The highest BCUT2D eigenvalue weighted by atomic mass is 32.2. The van der Waals surface area contributed by atoms with Gasteiger partial charge in [-0.25, -0.2) is 4.79 Å². The van der Waals surface area contributed by atoms with Crippen LogP contribution in [0.15, 0.2) is 27.8 Å². The molecule has 152 valence electrons. The molecule has 0 saturated carbocycles. The van der Waals surface area contributed by atoms with Crippen LogP contribution in [-0.2, 0) is 9.53 Å². The van der Waals surface area contributed by atoms with Crippen molar-refractivity contribution in [1.29, 1.82) is 0 Å². The molecule has 2 aromatic rings. The topological polar surface area (TPSA) is 106 Å². The first kappa shape index (κ1) is 21.7. The molecule has 2 rings (SSSR count). The van der Waals surface area contributed by atoms with E-state index in [1.807, 2.05) is 32.0 Å². The normalized spacial score (nSPS) is 12.4. The Morgan fingerprint density at radius 3 is 2.64 bits per heavy atom. The zero-order valence-corrected chi connectivity index (χ0v) is 17.8. The third-order valence-electron chi connectivity index (χ3n) is 3.73. The number of amides is 2. The van der Waals surface area contributed by atoms with Crippen LogP contribution in [0.25, 0.3) is 0 Å². The summed E-state index contributed by atoms with van der Waals surface area (Å²) in [5.41, 5.74) is 2.33. The van der Waals surface area contributed by atoms with Gasteiger partial charge >= 0.3 is 6.09 Å². The third-order valence-corrected chi connectivity index (χ3v) is 4.55. The maximum atomic E-state index is 12.2. The predicted octanol–water partition coefficient (Wildman–Crippen LogP) is 4.00. The van der Waals surface area contributed by atoms with Crippen molar-refractivity contribution in [3.05, 3.63) is 35.2 Å². The van der Waals surface area contributed by atoms with E-state index in [9.17, 15) is 9.59 Å². The van der Waals surface area contributed by atoms with E-state index < -0.39 is 17.7 Å². The molecular formula is C19H26N4O4S. The van der Waals surface area contributed by atoms with Gasteiger partial charge < -0.3 is 19.8 Å². The fourth-order valence-corrected chi connectivity index (χ4v) is 2.77. The Morgan fingerprint density at radius 1 is 1.25 bits per heavy atom. The van der Waals surface area contributed by atoms with Crippen molar-refractivity contribution in [2.24, 2.45) is 0 Å². The van der Waals surface area contributed by atoms with E-state index in [-0.39, 0.29) is 22.8 Å². The molecular weight excluding hydrogens is 380 g/mol. The number of benzene rings is 1. The van der Waals surface area contributed by atoms with Crippen molar-refractivity contribution in [3.8, 4) is 0 Å². The van der Waals surface area contributed by atoms with Crippen molar-refractivity contribution in [1.82, 2.24) is 15.5 Å². The van der Waals surface area contributed by atoms with Crippen LogP contribution >= 0.6 is 11.8 Å². The molecule has 0 unspecified atom stereocenters. The highest BCUT2D eigenvalue weighted by molar-refractivity contribution is 7.99. The van der Waals surface area contributed by atoms with Gasteiger partial charge in [-0.15, -0.1) is 10.2 Å². The van der Waals surface area contributed by atoms with Crippen LogP contribution in [0.4, 0.5) is 10.5 Å². The number of hydrogen-bond acceptors (Lipinski definition) is 7. The van der Waals surface area contributed by atoms with Crippen molar-refractivity contribution in [2.45, 2.75) is 58.4 Å². The van der Waals surface area contributed by atoms with Gasteiger partial charge in [0.15, 0.2) is 0 Å². The van der Waals surface area contributed by atoms with Gasteiger partial charge in [0.25, 0.3) is 5.22 Å². The smallest absolute Gasteiger partial charge is 0.408 e.